The third-order valence-corrected chi connectivity index (χ3v) is 3.50. The van der Waals surface area contributed by atoms with Crippen molar-refractivity contribution in [1.82, 2.24) is 20.0 Å². The van der Waals surface area contributed by atoms with E-state index in [0.29, 0.717) is 13.1 Å². The zero-order valence-electron chi connectivity index (χ0n) is 12.7. The maximum Gasteiger partial charge on any atom is 3.00 e. The van der Waals surface area contributed by atoms with Crippen LogP contribution in [-0.4, -0.2) is 84.8 Å². The number of carboxylic acid groups (broad SMARTS) is 3. The molecule has 0 spiro atoms. The van der Waals surface area contributed by atoms with Gasteiger partial charge in [-0.1, -0.05) is 0 Å². The predicted octanol–water partition coefficient (Wildman–Crippen LogP) is -4.09. The van der Waals surface area contributed by atoms with Crippen LogP contribution in [0.5, 0.6) is 0 Å². The van der Waals surface area contributed by atoms with Crippen molar-refractivity contribution in [2.24, 2.45) is 0 Å². The molecule has 1 heterocycles. The second-order valence-electron chi connectivity index (χ2n) is 5.02. The Kier molecular flexibility index (Phi) is 9.38. The summed E-state index contributed by atoms with van der Waals surface area (Å²) in [5, 5.41) is 36.1. The molecule has 0 aliphatic carbocycles. The van der Waals surface area contributed by atoms with Gasteiger partial charge in [-0.2, -0.15) is 0 Å². The van der Waals surface area contributed by atoms with Crippen molar-refractivity contribution in [3.05, 3.63) is 0 Å². The first-order chi connectivity index (χ1) is 10.3. The van der Waals surface area contributed by atoms with Crippen LogP contribution in [0.3, 0.4) is 0 Å². The number of carbonyl (C=O) groups is 3. The van der Waals surface area contributed by atoms with E-state index < -0.39 is 24.3 Å². The molecule has 1 unspecified atom stereocenters. The minimum Gasteiger partial charge on any atom is -0.530 e. The van der Waals surface area contributed by atoms with Crippen LogP contribution >= 0.6 is 0 Å². The molecule has 10 nitrogen and oxygen atoms in total. The normalized spacial score (nSPS) is 20.7. The van der Waals surface area contributed by atoms with Gasteiger partial charge in [-0.3, -0.25) is 0 Å². The summed E-state index contributed by atoms with van der Waals surface area (Å²) in [5.41, 5.74) is 0. The van der Waals surface area contributed by atoms with Crippen LogP contribution in [0.25, 0.3) is 0 Å². The first-order valence-electron chi connectivity index (χ1n) is 6.93. The molecule has 1 atom stereocenters. The van der Waals surface area contributed by atoms with E-state index in [9.17, 15) is 29.7 Å². The van der Waals surface area contributed by atoms with Gasteiger partial charge in [0.2, 0.25) is 0 Å². The molecular weight excluding hydrogens is 352 g/mol. The van der Waals surface area contributed by atoms with Gasteiger partial charge in [0.05, 0.1) is 0 Å². The second kappa shape index (κ2) is 10.1. The van der Waals surface area contributed by atoms with Crippen LogP contribution in [0.1, 0.15) is 6.92 Å². The maximum absolute atomic E-state index is 11.1. The van der Waals surface area contributed by atoms with E-state index in [4.69, 9.17) is 0 Å². The van der Waals surface area contributed by atoms with Gasteiger partial charge >= 0.3 is 17.1 Å². The number of carbonyl (C=O) groups excluding carboxylic acids is 3. The predicted molar refractivity (Wildman–Crippen MR) is 68.4 cm³/mol. The van der Waals surface area contributed by atoms with E-state index in [1.807, 2.05) is 0 Å². The van der Waals surface area contributed by atoms with Crippen molar-refractivity contribution in [3.8, 4) is 0 Å². The summed E-state index contributed by atoms with van der Waals surface area (Å²) in [5.74, 6) is 0. The zero-order chi connectivity index (χ0) is 16.7. The second-order valence-corrected chi connectivity index (χ2v) is 5.02. The molecule has 1 fully saturated rings. The van der Waals surface area contributed by atoms with E-state index >= 15 is 0 Å². The Morgan fingerprint density at radius 2 is 1.39 bits per heavy atom. The van der Waals surface area contributed by atoms with Crippen LogP contribution in [0.2, 0.25) is 0 Å². The Morgan fingerprint density at radius 3 is 1.91 bits per heavy atom. The van der Waals surface area contributed by atoms with E-state index in [-0.39, 0.29) is 49.8 Å². The minimum absolute atomic E-state index is 0. The van der Waals surface area contributed by atoms with Crippen molar-refractivity contribution in [2.75, 3.05) is 45.8 Å². The topological polar surface area (TPSA) is 142 Å². The van der Waals surface area contributed by atoms with Gasteiger partial charge in [0.25, 0.3) is 0 Å². The molecule has 0 aromatic heterocycles. The number of hydrogen-bond donors (Lipinski definition) is 1. The number of hydrogen-bond acceptors (Lipinski definition) is 7. The van der Waals surface area contributed by atoms with Crippen LogP contribution in [-0.2, 0) is 17.1 Å². The van der Waals surface area contributed by atoms with Gasteiger partial charge in [-0.25, -0.2) is 0 Å². The fourth-order valence-electron chi connectivity index (χ4n) is 2.24. The Balaban J connectivity index is 0.00000484. The Bertz CT molecular complexity index is 424. The molecule has 23 heavy (non-hydrogen) atoms. The minimum atomic E-state index is -1.49. The largest absolute Gasteiger partial charge is 3.00 e. The molecule has 1 aliphatic heterocycles. The van der Waals surface area contributed by atoms with Crippen LogP contribution < -0.4 is 20.6 Å². The van der Waals surface area contributed by atoms with Gasteiger partial charge in [0.15, 0.2) is 0 Å². The fraction of sp³-hybridized carbons (Fsp3) is 0.750. The summed E-state index contributed by atoms with van der Waals surface area (Å²) >= 11 is 0. The van der Waals surface area contributed by atoms with Crippen molar-refractivity contribution >= 4 is 18.3 Å². The summed E-state index contributed by atoms with van der Waals surface area (Å²) in [7, 11) is 0. The third-order valence-electron chi connectivity index (χ3n) is 3.50. The number of amides is 3. The van der Waals surface area contributed by atoms with E-state index in [2.05, 4.69) is 5.32 Å². The van der Waals surface area contributed by atoms with Crippen molar-refractivity contribution in [3.63, 3.8) is 0 Å². The standard InChI is InChI=1S/C12H22N4O6.Fe/c1-9-8-15(11(19)20)7-6-14(10(17)18)4-2-13-3-5-16(9)12(21)22;/h9,13H,2-8H2,1H3,(H,17,18)(H,19,20)(H,21,22);/q;+3/p-3. The van der Waals surface area contributed by atoms with Gasteiger partial charge < -0.3 is 49.7 Å². The van der Waals surface area contributed by atoms with E-state index in [1.54, 1.807) is 6.92 Å². The quantitative estimate of drug-likeness (QED) is 0.427. The van der Waals surface area contributed by atoms with E-state index in [1.165, 1.54) is 0 Å². The molecule has 0 saturated carbocycles. The first kappa shape index (κ1) is 21.3. The van der Waals surface area contributed by atoms with Gasteiger partial charge in [0, 0.05) is 51.9 Å². The Labute approximate surface area is 144 Å². The smallest absolute Gasteiger partial charge is 0.530 e. The molecular formula is C12H19FeN4O6. The van der Waals surface area contributed by atoms with Gasteiger partial charge in [-0.05, 0) is 6.92 Å². The average Bonchev–Trinajstić information content (AvgIpc) is 2.41. The number of rotatable bonds is 0. The molecule has 1 saturated heterocycles. The van der Waals surface area contributed by atoms with Crippen LogP contribution in [0.15, 0.2) is 0 Å². The summed E-state index contributed by atoms with van der Waals surface area (Å²) < 4.78 is 0. The molecule has 11 heteroatoms. The monoisotopic (exact) mass is 371 g/mol. The summed E-state index contributed by atoms with van der Waals surface area (Å²) in [4.78, 5) is 36.1. The molecule has 1 radical (unpaired) electrons. The van der Waals surface area contributed by atoms with Crippen LogP contribution in [0, 0.1) is 0 Å². The van der Waals surface area contributed by atoms with Crippen LogP contribution in [0.4, 0.5) is 14.4 Å². The molecule has 1 aliphatic rings. The van der Waals surface area contributed by atoms with Crippen molar-refractivity contribution in [1.29, 1.82) is 0 Å². The molecule has 1 N–H and O–H groups in total. The molecule has 3 amide bonds. The molecule has 131 valence electrons. The molecule has 0 bridgehead atoms. The summed E-state index contributed by atoms with van der Waals surface area (Å²) in [6, 6.07) is -0.638. The van der Waals surface area contributed by atoms with Gasteiger partial charge in [-0.15, -0.1) is 0 Å². The van der Waals surface area contributed by atoms with Crippen molar-refractivity contribution < 1.29 is 46.8 Å². The Morgan fingerprint density at radius 1 is 0.870 bits per heavy atom. The molecule has 0 aromatic carbocycles. The summed E-state index contributed by atoms with van der Waals surface area (Å²) in [6.45, 7) is 2.04. The molecule has 1 rings (SSSR count). The van der Waals surface area contributed by atoms with Gasteiger partial charge in [0.1, 0.15) is 18.3 Å². The summed E-state index contributed by atoms with van der Waals surface area (Å²) in [6.07, 6.45) is -4.26. The molecule has 0 aromatic rings. The Hall–Kier alpha value is -1.71. The number of nitrogens with one attached hydrogen (secondary N) is 1. The average molecular weight is 371 g/mol. The third kappa shape index (κ3) is 6.93. The number of nitrogens with zero attached hydrogens (tertiary/aromatic N) is 3. The maximum atomic E-state index is 11.1. The zero-order valence-corrected chi connectivity index (χ0v) is 13.8. The van der Waals surface area contributed by atoms with E-state index in [0.717, 1.165) is 14.7 Å². The SMILES string of the molecule is CC1CN(C(=O)[O-])CCN(C(=O)[O-])CCNCCN1C(=O)[O-].[Fe+3]. The fourth-order valence-corrected chi connectivity index (χ4v) is 2.24. The van der Waals surface area contributed by atoms with Crippen molar-refractivity contribution in [2.45, 2.75) is 13.0 Å². The first-order valence-corrected chi connectivity index (χ1v) is 6.93.